The third kappa shape index (κ3) is 6.78. The van der Waals surface area contributed by atoms with Crippen LogP contribution in [0.5, 0.6) is 5.75 Å². The Labute approximate surface area is 183 Å². The fourth-order valence-electron chi connectivity index (χ4n) is 2.62. The highest BCUT2D eigenvalue weighted by atomic mass is 32.2. The van der Waals surface area contributed by atoms with Gasteiger partial charge in [0, 0.05) is 6.54 Å². The lowest BCUT2D eigenvalue weighted by molar-refractivity contribution is -0.118. The Morgan fingerprint density at radius 2 is 1.81 bits per heavy atom. The summed E-state index contributed by atoms with van der Waals surface area (Å²) < 4.78 is 18.8. The van der Waals surface area contributed by atoms with E-state index in [9.17, 15) is 14.0 Å². The maximum Gasteiger partial charge on any atom is 0.259 e. The van der Waals surface area contributed by atoms with Crippen LogP contribution in [0, 0.1) is 5.82 Å². The van der Waals surface area contributed by atoms with Crippen molar-refractivity contribution in [3.05, 3.63) is 77.6 Å². The van der Waals surface area contributed by atoms with E-state index in [0.717, 1.165) is 17.7 Å². The van der Waals surface area contributed by atoms with Gasteiger partial charge in [-0.3, -0.25) is 9.59 Å². The largest absolute Gasteiger partial charge is 0.497 e. The summed E-state index contributed by atoms with van der Waals surface area (Å²) in [5.41, 5.74) is 1.03. The minimum atomic E-state index is -0.613. The second-order valence-electron chi connectivity index (χ2n) is 6.43. The van der Waals surface area contributed by atoms with E-state index in [-0.39, 0.29) is 23.0 Å². The van der Waals surface area contributed by atoms with Gasteiger partial charge in [0.2, 0.25) is 5.91 Å². The smallest absolute Gasteiger partial charge is 0.259 e. The maximum atomic E-state index is 13.7. The number of amides is 2. The molecule has 3 aromatic rings. The van der Waals surface area contributed by atoms with Gasteiger partial charge in [0.25, 0.3) is 5.91 Å². The lowest BCUT2D eigenvalue weighted by Crippen LogP contribution is -2.27. The zero-order chi connectivity index (χ0) is 22.1. The van der Waals surface area contributed by atoms with E-state index in [4.69, 9.17) is 4.74 Å². The van der Waals surface area contributed by atoms with Crippen LogP contribution in [0.1, 0.15) is 15.9 Å². The molecule has 3 rings (SSSR count). The molecule has 9 heteroatoms. The molecule has 0 atom stereocenters. The molecule has 1 heterocycles. The van der Waals surface area contributed by atoms with Gasteiger partial charge in [-0.15, -0.1) is 10.2 Å². The number of nitrogens with zero attached hydrogens (tertiary/aromatic N) is 2. The van der Waals surface area contributed by atoms with Gasteiger partial charge in [0.15, 0.2) is 5.82 Å². The summed E-state index contributed by atoms with van der Waals surface area (Å²) in [7, 11) is 1.62. The lowest BCUT2D eigenvalue weighted by atomic mass is 10.1. The predicted octanol–water partition coefficient (Wildman–Crippen LogP) is 3.33. The van der Waals surface area contributed by atoms with E-state index in [0.29, 0.717) is 11.6 Å². The molecule has 0 unspecified atom stereocenters. The number of nitrogens with one attached hydrogen (secondary N) is 2. The lowest BCUT2D eigenvalue weighted by Gasteiger charge is -2.07. The van der Waals surface area contributed by atoms with E-state index in [1.54, 1.807) is 25.3 Å². The van der Waals surface area contributed by atoms with Gasteiger partial charge in [-0.2, -0.15) is 0 Å². The SMILES string of the molecule is COc1ccc(CCNC(=O)CSc2ccc(NC(=O)c3ccccc3F)nn2)cc1. The standard InChI is InChI=1S/C22H21FN4O3S/c1-30-16-8-6-15(7-9-16)12-13-24-20(28)14-31-21-11-10-19(26-27-21)25-22(29)17-4-2-3-5-18(17)23/h2-11H,12-14H2,1H3,(H,24,28)(H,25,26,29). The number of hydrogen-bond donors (Lipinski definition) is 2. The molecule has 160 valence electrons. The van der Waals surface area contributed by atoms with Crippen LogP contribution in [0.4, 0.5) is 10.2 Å². The quantitative estimate of drug-likeness (QED) is 0.496. The van der Waals surface area contributed by atoms with Crippen LogP contribution in [0.25, 0.3) is 0 Å². The van der Waals surface area contributed by atoms with Crippen LogP contribution in [-0.4, -0.2) is 41.4 Å². The number of methoxy groups -OCH3 is 1. The molecular weight excluding hydrogens is 419 g/mol. The van der Waals surface area contributed by atoms with Crippen molar-refractivity contribution in [1.29, 1.82) is 0 Å². The number of anilines is 1. The van der Waals surface area contributed by atoms with Gasteiger partial charge in [-0.1, -0.05) is 36.0 Å². The van der Waals surface area contributed by atoms with Crippen molar-refractivity contribution in [1.82, 2.24) is 15.5 Å². The summed E-state index contributed by atoms with van der Waals surface area (Å²) in [5, 5.41) is 13.8. The predicted molar refractivity (Wildman–Crippen MR) is 117 cm³/mol. The van der Waals surface area contributed by atoms with Crippen LogP contribution in [0.2, 0.25) is 0 Å². The summed E-state index contributed by atoms with van der Waals surface area (Å²) in [5.74, 6) is -0.151. The number of aromatic nitrogens is 2. The van der Waals surface area contributed by atoms with E-state index in [1.807, 2.05) is 24.3 Å². The van der Waals surface area contributed by atoms with Crippen LogP contribution >= 0.6 is 11.8 Å². The Bertz CT molecular complexity index is 1030. The number of carbonyl (C=O) groups excluding carboxylic acids is 2. The number of carbonyl (C=O) groups is 2. The number of thioether (sulfide) groups is 1. The second kappa shape index (κ2) is 11.1. The summed E-state index contributed by atoms with van der Waals surface area (Å²) in [6, 6.07) is 16.6. The molecule has 0 saturated carbocycles. The molecule has 0 saturated heterocycles. The van der Waals surface area contributed by atoms with E-state index in [2.05, 4.69) is 20.8 Å². The first kappa shape index (κ1) is 22.2. The molecule has 0 radical (unpaired) electrons. The number of halogens is 1. The highest BCUT2D eigenvalue weighted by molar-refractivity contribution is 7.99. The molecule has 0 aliphatic heterocycles. The fraction of sp³-hybridized carbons (Fsp3) is 0.182. The molecule has 1 aromatic heterocycles. The molecule has 31 heavy (non-hydrogen) atoms. The zero-order valence-corrected chi connectivity index (χ0v) is 17.6. The van der Waals surface area contributed by atoms with Crippen molar-refractivity contribution in [2.45, 2.75) is 11.4 Å². The molecule has 0 spiro atoms. The van der Waals surface area contributed by atoms with Crippen LogP contribution in [0.3, 0.4) is 0 Å². The number of benzene rings is 2. The fourth-order valence-corrected chi connectivity index (χ4v) is 3.27. The molecule has 2 amide bonds. The van der Waals surface area contributed by atoms with E-state index in [1.165, 1.54) is 30.0 Å². The van der Waals surface area contributed by atoms with Crippen LogP contribution in [-0.2, 0) is 11.2 Å². The van der Waals surface area contributed by atoms with E-state index < -0.39 is 11.7 Å². The van der Waals surface area contributed by atoms with Crippen molar-refractivity contribution in [3.63, 3.8) is 0 Å². The molecular formula is C22H21FN4O3S. The zero-order valence-electron chi connectivity index (χ0n) is 16.8. The third-order valence-corrected chi connectivity index (χ3v) is 5.17. The Hall–Kier alpha value is -3.46. The van der Waals surface area contributed by atoms with Crippen molar-refractivity contribution in [2.24, 2.45) is 0 Å². The summed E-state index contributed by atoms with van der Waals surface area (Å²) in [6.07, 6.45) is 0.719. The first-order valence-electron chi connectivity index (χ1n) is 9.47. The van der Waals surface area contributed by atoms with Gasteiger partial charge in [0.05, 0.1) is 18.4 Å². The normalized spacial score (nSPS) is 10.4. The molecule has 0 aliphatic rings. The van der Waals surface area contributed by atoms with Crippen molar-refractivity contribution in [2.75, 3.05) is 24.7 Å². The Morgan fingerprint density at radius 1 is 1.03 bits per heavy atom. The van der Waals surface area contributed by atoms with Crippen molar-refractivity contribution >= 4 is 29.4 Å². The molecule has 0 aliphatic carbocycles. The van der Waals surface area contributed by atoms with Gasteiger partial charge >= 0.3 is 0 Å². The Kier molecular flexibility index (Phi) is 7.94. The summed E-state index contributed by atoms with van der Waals surface area (Å²) in [4.78, 5) is 24.1. The van der Waals surface area contributed by atoms with E-state index >= 15 is 0 Å². The number of rotatable bonds is 9. The molecule has 7 nitrogen and oxygen atoms in total. The first-order chi connectivity index (χ1) is 15.0. The van der Waals surface area contributed by atoms with Crippen LogP contribution in [0.15, 0.2) is 65.7 Å². The van der Waals surface area contributed by atoms with Gasteiger partial charge in [0.1, 0.15) is 16.6 Å². The van der Waals surface area contributed by atoms with Gasteiger partial charge < -0.3 is 15.4 Å². The van der Waals surface area contributed by atoms with Crippen molar-refractivity contribution < 1.29 is 18.7 Å². The average Bonchev–Trinajstić information content (AvgIpc) is 2.79. The Balaban J connectivity index is 1.40. The summed E-state index contributed by atoms with van der Waals surface area (Å²) >= 11 is 1.23. The van der Waals surface area contributed by atoms with Gasteiger partial charge in [-0.05, 0) is 48.4 Å². The minimum Gasteiger partial charge on any atom is -0.497 e. The molecule has 2 N–H and O–H groups in total. The topological polar surface area (TPSA) is 93.2 Å². The van der Waals surface area contributed by atoms with Crippen molar-refractivity contribution in [3.8, 4) is 5.75 Å². The van der Waals surface area contributed by atoms with Crippen LogP contribution < -0.4 is 15.4 Å². The van der Waals surface area contributed by atoms with Gasteiger partial charge in [-0.25, -0.2) is 4.39 Å². The maximum absolute atomic E-state index is 13.7. The highest BCUT2D eigenvalue weighted by Gasteiger charge is 2.12. The molecule has 2 aromatic carbocycles. The average molecular weight is 441 g/mol. The molecule has 0 fully saturated rings. The third-order valence-electron chi connectivity index (χ3n) is 4.25. The highest BCUT2D eigenvalue weighted by Crippen LogP contribution is 2.16. The minimum absolute atomic E-state index is 0.0749. The molecule has 0 bridgehead atoms. The second-order valence-corrected chi connectivity index (χ2v) is 7.42. The Morgan fingerprint density at radius 3 is 2.48 bits per heavy atom. The first-order valence-corrected chi connectivity index (χ1v) is 10.5. The summed E-state index contributed by atoms with van der Waals surface area (Å²) in [6.45, 7) is 0.526. The monoisotopic (exact) mass is 440 g/mol. The number of ether oxygens (including phenoxy) is 1. The number of hydrogen-bond acceptors (Lipinski definition) is 6.